The van der Waals surface area contributed by atoms with Crippen molar-refractivity contribution in [3.05, 3.63) is 328 Å². The molecule has 22 rings (SSSR count). The third-order valence-electron chi connectivity index (χ3n) is 20.6. The van der Waals surface area contributed by atoms with Crippen LogP contribution >= 0.6 is 0 Å². The van der Waals surface area contributed by atoms with E-state index < -0.39 is 0 Å². The van der Waals surface area contributed by atoms with Crippen molar-refractivity contribution in [2.24, 2.45) is 0 Å². The number of pyridine rings is 2. The van der Waals surface area contributed by atoms with E-state index in [0.29, 0.717) is 0 Å². The highest BCUT2D eigenvalue weighted by molar-refractivity contribution is 6.31. The first-order valence-corrected chi connectivity index (χ1v) is 32.9. The number of hydrogen-bond donors (Lipinski definition) is 0. The molecule has 444 valence electrons. The fraction of sp³-hybridized carbons (Fsp3) is 0. The Morgan fingerprint density at radius 1 is 0.198 bits per heavy atom. The van der Waals surface area contributed by atoms with Gasteiger partial charge < -0.3 is 13.7 Å². The predicted molar refractivity (Wildman–Crippen MR) is 401 cm³/mol. The molecule has 6 nitrogen and oxygen atoms in total. The van der Waals surface area contributed by atoms with Crippen LogP contribution in [0.1, 0.15) is 0 Å². The first-order chi connectivity index (χ1) is 47.7. The van der Waals surface area contributed by atoms with Crippen molar-refractivity contribution in [1.82, 2.24) is 28.2 Å². The van der Waals surface area contributed by atoms with Crippen LogP contribution in [0.2, 0.25) is 0 Å². The van der Waals surface area contributed by atoms with Crippen molar-refractivity contribution in [2.75, 3.05) is 0 Å². The zero-order valence-corrected chi connectivity index (χ0v) is 51.9. The zero-order valence-electron chi connectivity index (χ0n) is 51.9. The zero-order chi connectivity index (χ0) is 62.7. The van der Waals surface area contributed by atoms with Crippen molar-refractivity contribution in [3.63, 3.8) is 0 Å². The van der Waals surface area contributed by atoms with E-state index in [2.05, 4.69) is 328 Å². The molecule has 0 unspecified atom stereocenters. The van der Waals surface area contributed by atoms with Gasteiger partial charge in [0, 0.05) is 100 Å². The molecule has 0 saturated carbocycles. The SMILES string of the molecule is c1ccc2c(c1)-c1cccc3cnc4c(c13)c1c-2cccc1n4-c1ccc(-c2ccc(-n3c4ccccc4c4ccccc43)cc2)cc1.c1cnc2c(c1)-c1cccc3ccc4c(c13)c1c-2cccc1n4-c1ccc(-c2ccc(-n3c4ccccc4c4ccccc43)cc2)cc1. The lowest BCUT2D eigenvalue weighted by Gasteiger charge is -2.13. The molecule has 2 aliphatic carbocycles. The summed E-state index contributed by atoms with van der Waals surface area (Å²) in [5, 5.41) is 15.2. The summed E-state index contributed by atoms with van der Waals surface area (Å²) in [6, 6.07) is 115. The maximum Gasteiger partial charge on any atom is 0.146 e. The normalized spacial score (nSPS) is 12.2. The molecule has 0 saturated heterocycles. The quantitative estimate of drug-likeness (QED) is 0.167. The maximum absolute atomic E-state index is 5.11. The van der Waals surface area contributed by atoms with Crippen molar-refractivity contribution in [3.8, 4) is 89.6 Å². The molecule has 0 bridgehead atoms. The average Bonchev–Trinajstić information content (AvgIpc) is 1.56. The molecular formula is C90H54N6. The minimum Gasteiger partial charge on any atom is -0.309 e. The van der Waals surface area contributed by atoms with Crippen LogP contribution in [0.15, 0.2) is 328 Å². The summed E-state index contributed by atoms with van der Waals surface area (Å²) in [5.41, 5.74) is 28.6. The topological polar surface area (TPSA) is 45.5 Å². The molecule has 0 aliphatic heterocycles. The lowest BCUT2D eigenvalue weighted by molar-refractivity contribution is 1.14. The van der Waals surface area contributed by atoms with E-state index in [9.17, 15) is 0 Å². The molecule has 0 atom stereocenters. The Balaban J connectivity index is 0.000000127. The Kier molecular flexibility index (Phi) is 11.1. The van der Waals surface area contributed by atoms with E-state index in [1.165, 1.54) is 164 Å². The van der Waals surface area contributed by atoms with Crippen LogP contribution in [0, 0.1) is 0 Å². The summed E-state index contributed by atoms with van der Waals surface area (Å²) in [6.07, 6.45) is 3.95. The first-order valence-electron chi connectivity index (χ1n) is 32.9. The van der Waals surface area contributed by atoms with E-state index in [0.717, 1.165) is 34.1 Å². The molecule has 6 heteroatoms. The van der Waals surface area contributed by atoms with Crippen LogP contribution in [0.25, 0.3) is 199 Å². The number of hydrogen-bond acceptors (Lipinski definition) is 2. The van der Waals surface area contributed by atoms with Gasteiger partial charge in [-0.25, -0.2) is 4.98 Å². The number of benzene rings is 14. The Morgan fingerprint density at radius 3 is 1.07 bits per heavy atom. The third kappa shape index (κ3) is 7.52. The molecule has 6 aromatic heterocycles. The fourth-order valence-electron chi connectivity index (χ4n) is 16.5. The van der Waals surface area contributed by atoms with Crippen molar-refractivity contribution >= 4 is 109 Å². The molecule has 20 aromatic rings. The fourth-order valence-corrected chi connectivity index (χ4v) is 16.5. The Bertz CT molecular complexity index is 6150. The van der Waals surface area contributed by atoms with Crippen LogP contribution in [0.5, 0.6) is 0 Å². The Hall–Kier alpha value is -12.9. The van der Waals surface area contributed by atoms with Crippen molar-refractivity contribution in [2.45, 2.75) is 0 Å². The van der Waals surface area contributed by atoms with Crippen LogP contribution in [-0.2, 0) is 0 Å². The van der Waals surface area contributed by atoms with Gasteiger partial charge in [0.2, 0.25) is 0 Å². The number of fused-ring (bicyclic) bond motifs is 12. The van der Waals surface area contributed by atoms with E-state index in [4.69, 9.17) is 9.97 Å². The van der Waals surface area contributed by atoms with Gasteiger partial charge in [0.15, 0.2) is 0 Å². The van der Waals surface area contributed by atoms with E-state index in [1.54, 1.807) is 0 Å². The van der Waals surface area contributed by atoms with Crippen LogP contribution in [0.4, 0.5) is 0 Å². The number of aromatic nitrogens is 6. The second kappa shape index (κ2) is 20.3. The van der Waals surface area contributed by atoms with Crippen molar-refractivity contribution < 1.29 is 0 Å². The smallest absolute Gasteiger partial charge is 0.146 e. The van der Waals surface area contributed by atoms with Gasteiger partial charge in [-0.05, 0) is 158 Å². The summed E-state index contributed by atoms with van der Waals surface area (Å²) in [7, 11) is 0. The summed E-state index contributed by atoms with van der Waals surface area (Å²) in [4.78, 5) is 10.0. The Labute approximate surface area is 551 Å². The second-order valence-electron chi connectivity index (χ2n) is 25.5. The standard InChI is InChI=1S/2C45H27N3/c1-3-14-38-33(9-1)34-10-2-4-15-39(34)47(38)31-22-17-28(18-23-31)29-19-24-32(25-20-29)48-40-16-6-12-37-43(40)44-41(48)26-21-30-8-5-11-35(42(30)44)36-13-7-27-46-45(36)37;1-2-11-34-33(10-1)37-14-7-9-30-27-46-45-44(42(30)37)43-38(34)15-8-18-41(43)48(45)32-25-21-29(22-26-32)28-19-23-31(24-20-28)47-39-16-5-3-12-35(39)36-13-4-6-17-40(36)47/h2*1-27H. The van der Waals surface area contributed by atoms with E-state index in [1.807, 2.05) is 18.5 Å². The molecular weight excluding hydrogens is 1170 g/mol. The van der Waals surface area contributed by atoms with E-state index >= 15 is 0 Å². The molecule has 0 spiro atoms. The van der Waals surface area contributed by atoms with Crippen LogP contribution in [0.3, 0.4) is 0 Å². The molecule has 96 heavy (non-hydrogen) atoms. The number of nitrogens with zero attached hydrogens (tertiary/aromatic N) is 6. The predicted octanol–water partition coefficient (Wildman–Crippen LogP) is 23.5. The summed E-state index contributed by atoms with van der Waals surface area (Å²) in [6.45, 7) is 0. The molecule has 14 aromatic carbocycles. The summed E-state index contributed by atoms with van der Waals surface area (Å²) < 4.78 is 9.50. The highest BCUT2D eigenvalue weighted by atomic mass is 15.0. The highest BCUT2D eigenvalue weighted by Crippen LogP contribution is 2.51. The van der Waals surface area contributed by atoms with Gasteiger partial charge in [-0.15, -0.1) is 0 Å². The van der Waals surface area contributed by atoms with Crippen LogP contribution < -0.4 is 0 Å². The van der Waals surface area contributed by atoms with Gasteiger partial charge in [-0.2, -0.15) is 0 Å². The maximum atomic E-state index is 5.11. The average molecular weight is 1220 g/mol. The Morgan fingerprint density at radius 2 is 0.552 bits per heavy atom. The highest BCUT2D eigenvalue weighted by Gasteiger charge is 2.28. The molecule has 6 heterocycles. The summed E-state index contributed by atoms with van der Waals surface area (Å²) in [5.74, 6) is 0. The minimum absolute atomic E-state index is 0.994. The van der Waals surface area contributed by atoms with Gasteiger partial charge in [-0.3, -0.25) is 9.55 Å². The summed E-state index contributed by atoms with van der Waals surface area (Å²) >= 11 is 0. The first kappa shape index (κ1) is 52.7. The number of para-hydroxylation sites is 4. The molecule has 0 amide bonds. The molecule has 0 fully saturated rings. The van der Waals surface area contributed by atoms with E-state index in [-0.39, 0.29) is 0 Å². The largest absolute Gasteiger partial charge is 0.309 e. The lowest BCUT2D eigenvalue weighted by Crippen LogP contribution is -1.96. The van der Waals surface area contributed by atoms with Gasteiger partial charge in [-0.1, -0.05) is 218 Å². The monoisotopic (exact) mass is 1220 g/mol. The molecule has 2 aliphatic rings. The minimum atomic E-state index is 0.994. The van der Waals surface area contributed by atoms with Gasteiger partial charge >= 0.3 is 0 Å². The van der Waals surface area contributed by atoms with Gasteiger partial charge in [0.05, 0.1) is 44.3 Å². The third-order valence-corrected chi connectivity index (χ3v) is 20.6. The second-order valence-corrected chi connectivity index (χ2v) is 25.5. The van der Waals surface area contributed by atoms with Crippen molar-refractivity contribution in [1.29, 1.82) is 0 Å². The lowest BCUT2D eigenvalue weighted by atomic mass is 9.94. The van der Waals surface area contributed by atoms with Crippen LogP contribution in [-0.4, -0.2) is 28.2 Å². The molecule has 0 N–H and O–H groups in total. The van der Waals surface area contributed by atoms with Gasteiger partial charge in [0.25, 0.3) is 0 Å². The number of rotatable bonds is 6. The van der Waals surface area contributed by atoms with Gasteiger partial charge in [0.1, 0.15) is 5.65 Å². The molecule has 0 radical (unpaired) electrons.